The second-order valence-corrected chi connectivity index (χ2v) is 7.15. The fourth-order valence-corrected chi connectivity index (χ4v) is 3.67. The second kappa shape index (κ2) is 8.63. The zero-order chi connectivity index (χ0) is 21.6. The zero-order valence-corrected chi connectivity index (χ0v) is 16.0. The van der Waals surface area contributed by atoms with E-state index in [0.29, 0.717) is 5.56 Å². The van der Waals surface area contributed by atoms with Crippen LogP contribution in [-0.4, -0.2) is 67.1 Å². The normalized spacial score (nSPS) is 25.9. The number of ether oxygens (including phenoxy) is 1. The molecule has 1 fully saturated rings. The summed E-state index contributed by atoms with van der Waals surface area (Å²) < 4.78 is 11.1. The maximum Gasteiger partial charge on any atom is 0.200 e. The van der Waals surface area contributed by atoms with E-state index in [1.807, 2.05) is 0 Å². The maximum atomic E-state index is 13.0. The van der Waals surface area contributed by atoms with E-state index < -0.39 is 42.6 Å². The first-order chi connectivity index (χ1) is 14.3. The molecule has 8 N–H and O–H groups in total. The summed E-state index contributed by atoms with van der Waals surface area (Å²) in [5, 5.41) is 59.8. The van der Waals surface area contributed by atoms with E-state index in [1.54, 1.807) is 12.1 Å². The van der Waals surface area contributed by atoms with E-state index in [1.165, 1.54) is 30.5 Å². The highest BCUT2D eigenvalue weighted by Gasteiger charge is 2.45. The van der Waals surface area contributed by atoms with Crippen LogP contribution in [0.2, 0.25) is 0 Å². The van der Waals surface area contributed by atoms with Crippen molar-refractivity contribution < 1.29 is 45.3 Å². The summed E-state index contributed by atoms with van der Waals surface area (Å²) in [6, 6.07) is 8.54. The summed E-state index contributed by atoms with van der Waals surface area (Å²) in [5.74, 6) is -0.314. The first kappa shape index (κ1) is 22.7. The Morgan fingerprint density at radius 2 is 1.58 bits per heavy atom. The van der Waals surface area contributed by atoms with Crippen LogP contribution in [0.3, 0.4) is 0 Å². The number of fused-ring (bicyclic) bond motifs is 1. The van der Waals surface area contributed by atoms with Gasteiger partial charge < -0.3 is 45.3 Å². The number of rotatable bonds is 3. The van der Waals surface area contributed by atoms with Crippen LogP contribution in [0.5, 0.6) is 11.5 Å². The van der Waals surface area contributed by atoms with Gasteiger partial charge in [-0.3, -0.25) is 4.79 Å². The quantitative estimate of drug-likeness (QED) is 0.317. The smallest absolute Gasteiger partial charge is 0.200 e. The third kappa shape index (κ3) is 3.76. The molecular formula is C21H22O10. The molecule has 0 aliphatic carbocycles. The molecule has 3 aromatic rings. The van der Waals surface area contributed by atoms with Gasteiger partial charge in [-0.1, -0.05) is 12.1 Å². The number of aromatic hydroxyl groups is 2. The molecule has 10 heteroatoms. The maximum absolute atomic E-state index is 13.0. The van der Waals surface area contributed by atoms with Gasteiger partial charge in [-0.05, 0) is 29.8 Å². The summed E-state index contributed by atoms with van der Waals surface area (Å²) in [7, 11) is 0. The molecule has 0 amide bonds. The molecule has 166 valence electrons. The fourth-order valence-electron chi connectivity index (χ4n) is 3.67. The van der Waals surface area contributed by atoms with Crippen molar-refractivity contribution in [3.63, 3.8) is 0 Å². The Labute approximate surface area is 175 Å². The largest absolute Gasteiger partial charge is 0.508 e. The lowest BCUT2D eigenvalue weighted by Gasteiger charge is -2.40. The van der Waals surface area contributed by atoms with Crippen molar-refractivity contribution in [3.8, 4) is 22.6 Å². The van der Waals surface area contributed by atoms with Gasteiger partial charge in [0, 0.05) is 0 Å². The van der Waals surface area contributed by atoms with E-state index in [0.717, 1.165) is 0 Å². The predicted octanol–water partition coefficient (Wildman–Crippen LogP) is -0.439. The first-order valence-electron chi connectivity index (χ1n) is 9.20. The molecule has 0 saturated carbocycles. The number of phenols is 2. The van der Waals surface area contributed by atoms with Crippen molar-refractivity contribution in [2.45, 2.75) is 30.5 Å². The van der Waals surface area contributed by atoms with E-state index >= 15 is 0 Å². The third-order valence-corrected chi connectivity index (χ3v) is 5.31. The van der Waals surface area contributed by atoms with Crippen molar-refractivity contribution in [1.82, 2.24) is 0 Å². The highest BCUT2D eigenvalue weighted by Crippen LogP contribution is 2.40. The van der Waals surface area contributed by atoms with Crippen LogP contribution < -0.4 is 5.43 Å². The zero-order valence-electron chi connectivity index (χ0n) is 16.0. The van der Waals surface area contributed by atoms with E-state index in [-0.39, 0.29) is 39.1 Å². The highest BCUT2D eigenvalue weighted by molar-refractivity contribution is 5.86. The predicted molar refractivity (Wildman–Crippen MR) is 108 cm³/mol. The van der Waals surface area contributed by atoms with Gasteiger partial charge in [0.2, 0.25) is 5.43 Å². The molecular weight excluding hydrogens is 412 g/mol. The van der Waals surface area contributed by atoms with Crippen LogP contribution in [0.25, 0.3) is 22.1 Å². The Kier molecular flexibility index (Phi) is 6.32. The Bertz CT molecular complexity index is 1120. The molecule has 10 nitrogen and oxygen atoms in total. The number of phenolic OH excluding ortho intramolecular Hbond substituents is 2. The van der Waals surface area contributed by atoms with Crippen LogP contribution in [0.15, 0.2) is 51.9 Å². The van der Waals surface area contributed by atoms with Crippen LogP contribution in [-0.2, 0) is 4.74 Å². The van der Waals surface area contributed by atoms with E-state index in [9.17, 15) is 35.4 Å². The summed E-state index contributed by atoms with van der Waals surface area (Å²) in [6.07, 6.45) is -6.24. The summed E-state index contributed by atoms with van der Waals surface area (Å²) >= 11 is 0. The number of hydrogen-bond acceptors (Lipinski definition) is 9. The summed E-state index contributed by atoms with van der Waals surface area (Å²) in [4.78, 5) is 13.0. The van der Waals surface area contributed by atoms with Crippen molar-refractivity contribution in [2.75, 3.05) is 6.61 Å². The summed E-state index contributed by atoms with van der Waals surface area (Å²) in [6.45, 7) is -0.637. The molecule has 1 aliphatic heterocycles. The Hall–Kier alpha value is -2.99. The average molecular weight is 434 g/mol. The van der Waals surface area contributed by atoms with Gasteiger partial charge in [0.25, 0.3) is 0 Å². The van der Waals surface area contributed by atoms with Gasteiger partial charge in [-0.25, -0.2) is 0 Å². The molecule has 1 aliphatic rings. The SMILES string of the molecule is O.O=c1c(-c2ccc(O)cc2)coc2c([C@@H]3O[C@H](CO)[C@@H](O)[C@H](O)[C@H]3O)c(O)ccc12. The lowest BCUT2D eigenvalue weighted by molar-refractivity contribution is -0.231. The first-order valence-corrected chi connectivity index (χ1v) is 9.20. The number of hydrogen-bond donors (Lipinski definition) is 6. The Morgan fingerprint density at radius 3 is 2.23 bits per heavy atom. The van der Waals surface area contributed by atoms with Gasteiger partial charge >= 0.3 is 0 Å². The minimum Gasteiger partial charge on any atom is -0.508 e. The van der Waals surface area contributed by atoms with Gasteiger partial charge in [0.1, 0.15) is 53.9 Å². The summed E-state index contributed by atoms with van der Waals surface area (Å²) in [5.41, 5.74) is 0.150. The van der Waals surface area contributed by atoms with Crippen LogP contribution in [0, 0.1) is 0 Å². The number of benzene rings is 2. The van der Waals surface area contributed by atoms with Gasteiger partial charge in [0.05, 0.1) is 23.1 Å². The monoisotopic (exact) mass is 434 g/mol. The molecule has 5 atom stereocenters. The second-order valence-electron chi connectivity index (χ2n) is 7.15. The third-order valence-electron chi connectivity index (χ3n) is 5.31. The topological polar surface area (TPSA) is 192 Å². The number of aliphatic hydroxyl groups is 4. The van der Waals surface area contributed by atoms with Crippen molar-refractivity contribution in [3.05, 3.63) is 58.4 Å². The van der Waals surface area contributed by atoms with E-state index in [4.69, 9.17) is 9.15 Å². The molecule has 4 rings (SSSR count). The van der Waals surface area contributed by atoms with Crippen LogP contribution in [0.1, 0.15) is 11.7 Å². The van der Waals surface area contributed by atoms with Crippen molar-refractivity contribution >= 4 is 11.0 Å². The van der Waals surface area contributed by atoms with Gasteiger partial charge in [-0.2, -0.15) is 0 Å². The lowest BCUT2D eigenvalue weighted by Crippen LogP contribution is -2.55. The molecule has 1 aromatic heterocycles. The molecule has 0 spiro atoms. The Morgan fingerprint density at radius 1 is 0.903 bits per heavy atom. The standard InChI is InChI=1S/C21H20O9.H2O/c22-7-14-17(26)18(27)19(28)21(30-14)15-13(24)6-5-11-16(25)12(8-29-20(11)15)9-1-3-10(23)4-2-9;/h1-6,8,14,17-19,21-24,26-28H,7H2;1H2/t14-,17-,18+,19-,21+;/m1./s1. The molecule has 0 unspecified atom stereocenters. The molecule has 2 aromatic carbocycles. The minimum atomic E-state index is -1.65. The van der Waals surface area contributed by atoms with Crippen LogP contribution >= 0.6 is 0 Å². The molecule has 2 heterocycles. The van der Waals surface area contributed by atoms with Gasteiger partial charge in [0.15, 0.2) is 0 Å². The van der Waals surface area contributed by atoms with Crippen molar-refractivity contribution in [2.24, 2.45) is 0 Å². The molecule has 1 saturated heterocycles. The molecule has 0 bridgehead atoms. The highest BCUT2D eigenvalue weighted by atomic mass is 16.5. The average Bonchev–Trinajstić information content (AvgIpc) is 2.74. The van der Waals surface area contributed by atoms with Gasteiger partial charge in [-0.15, -0.1) is 0 Å². The van der Waals surface area contributed by atoms with E-state index in [2.05, 4.69) is 0 Å². The van der Waals surface area contributed by atoms with Crippen LogP contribution in [0.4, 0.5) is 0 Å². The number of aliphatic hydroxyl groups excluding tert-OH is 4. The molecule has 0 radical (unpaired) electrons. The van der Waals surface area contributed by atoms with Crippen molar-refractivity contribution in [1.29, 1.82) is 0 Å². The Balaban J connectivity index is 0.00000272. The minimum absolute atomic E-state index is 0. The lowest BCUT2D eigenvalue weighted by atomic mass is 9.89. The fraction of sp³-hybridized carbons (Fsp3) is 0.286. The molecule has 31 heavy (non-hydrogen) atoms.